The number of anilines is 2. The highest BCUT2D eigenvalue weighted by Crippen LogP contribution is 2.41. The van der Waals surface area contributed by atoms with Crippen molar-refractivity contribution in [2.24, 2.45) is 0 Å². The van der Waals surface area contributed by atoms with Gasteiger partial charge in [0.25, 0.3) is 5.91 Å². The number of carbonyl (C=O) groups excluding carboxylic acids is 1. The molecule has 0 aliphatic carbocycles. The molecule has 4 rings (SSSR count). The highest BCUT2D eigenvalue weighted by atomic mass is 16.5. The minimum Gasteiger partial charge on any atom is -0.483 e. The monoisotopic (exact) mass is 380 g/mol. The van der Waals surface area contributed by atoms with Crippen LogP contribution in [0.4, 0.5) is 11.4 Å². The topological polar surface area (TPSA) is 50.8 Å². The van der Waals surface area contributed by atoms with E-state index in [1.54, 1.807) is 0 Å². The Balaban J connectivity index is 1.38. The van der Waals surface area contributed by atoms with Gasteiger partial charge in [-0.05, 0) is 63.4 Å². The van der Waals surface area contributed by atoms with Gasteiger partial charge in [-0.25, -0.2) is 0 Å². The summed E-state index contributed by atoms with van der Waals surface area (Å²) < 4.78 is 11.8. The van der Waals surface area contributed by atoms with E-state index in [0.29, 0.717) is 5.75 Å². The molecule has 0 radical (unpaired) electrons. The molecule has 2 aromatic rings. The van der Waals surface area contributed by atoms with Crippen molar-refractivity contribution < 1.29 is 14.3 Å². The standard InChI is InChI=1S/C23H28N2O3/c1-16-13-18(25-11-4-5-12-25)9-10-19(16)24-21(26)15-27-20-8-6-7-17-14-23(2,3)28-22(17)20/h6-10,13H,4-5,11-12,14-15H2,1-3H3,(H,24,26). The van der Waals surface area contributed by atoms with Gasteiger partial charge in [0.15, 0.2) is 18.1 Å². The van der Waals surface area contributed by atoms with Crippen LogP contribution in [0, 0.1) is 6.92 Å². The number of hydrogen-bond acceptors (Lipinski definition) is 4. The van der Waals surface area contributed by atoms with Gasteiger partial charge in [-0.3, -0.25) is 4.79 Å². The molecule has 2 aliphatic rings. The van der Waals surface area contributed by atoms with Crippen molar-refractivity contribution in [3.63, 3.8) is 0 Å². The van der Waals surface area contributed by atoms with Crippen molar-refractivity contribution >= 4 is 17.3 Å². The van der Waals surface area contributed by atoms with Crippen LogP contribution < -0.4 is 19.7 Å². The molecule has 2 aromatic carbocycles. The molecule has 0 bridgehead atoms. The second kappa shape index (κ2) is 7.38. The van der Waals surface area contributed by atoms with Gasteiger partial charge in [0.2, 0.25) is 0 Å². The van der Waals surface area contributed by atoms with E-state index in [2.05, 4.69) is 36.2 Å². The Hall–Kier alpha value is -2.69. The van der Waals surface area contributed by atoms with Crippen LogP contribution in [0.2, 0.25) is 0 Å². The molecule has 2 aliphatic heterocycles. The Morgan fingerprint density at radius 2 is 2.00 bits per heavy atom. The number of hydrogen-bond donors (Lipinski definition) is 1. The van der Waals surface area contributed by atoms with Crippen LogP contribution in [-0.4, -0.2) is 31.2 Å². The second-order valence-electron chi connectivity index (χ2n) is 8.31. The number of aryl methyl sites for hydroxylation is 1. The van der Waals surface area contributed by atoms with Crippen LogP contribution in [0.1, 0.15) is 37.8 Å². The summed E-state index contributed by atoms with van der Waals surface area (Å²) in [6.07, 6.45) is 3.34. The average Bonchev–Trinajstić information content (AvgIpc) is 3.28. The highest BCUT2D eigenvalue weighted by molar-refractivity contribution is 5.93. The third kappa shape index (κ3) is 3.93. The summed E-state index contributed by atoms with van der Waals surface area (Å²) >= 11 is 0. The fourth-order valence-electron chi connectivity index (χ4n) is 3.99. The fourth-order valence-corrected chi connectivity index (χ4v) is 3.99. The molecule has 5 nitrogen and oxygen atoms in total. The zero-order valence-electron chi connectivity index (χ0n) is 16.9. The van der Waals surface area contributed by atoms with E-state index in [1.807, 2.05) is 31.2 Å². The number of carbonyl (C=O) groups is 1. The third-order valence-corrected chi connectivity index (χ3v) is 5.37. The molecule has 1 N–H and O–H groups in total. The number of nitrogens with one attached hydrogen (secondary N) is 1. The van der Waals surface area contributed by atoms with E-state index in [0.717, 1.165) is 42.1 Å². The summed E-state index contributed by atoms with van der Waals surface area (Å²) in [7, 11) is 0. The van der Waals surface area contributed by atoms with Crippen molar-refractivity contribution in [3.8, 4) is 11.5 Å². The molecule has 1 saturated heterocycles. The summed E-state index contributed by atoms with van der Waals surface area (Å²) in [6.45, 7) is 8.30. The largest absolute Gasteiger partial charge is 0.483 e. The molecular formula is C23H28N2O3. The lowest BCUT2D eigenvalue weighted by Crippen LogP contribution is -2.25. The van der Waals surface area contributed by atoms with Gasteiger partial charge >= 0.3 is 0 Å². The van der Waals surface area contributed by atoms with Crippen LogP contribution >= 0.6 is 0 Å². The predicted molar refractivity (Wildman–Crippen MR) is 112 cm³/mol. The molecule has 28 heavy (non-hydrogen) atoms. The van der Waals surface area contributed by atoms with E-state index in [9.17, 15) is 4.79 Å². The van der Waals surface area contributed by atoms with Crippen molar-refractivity contribution in [2.45, 2.75) is 45.6 Å². The van der Waals surface area contributed by atoms with Gasteiger partial charge in [0.1, 0.15) is 5.60 Å². The van der Waals surface area contributed by atoms with E-state index >= 15 is 0 Å². The molecule has 5 heteroatoms. The first-order chi connectivity index (χ1) is 13.4. The minimum absolute atomic E-state index is 0.0481. The summed E-state index contributed by atoms with van der Waals surface area (Å²) in [5.74, 6) is 1.21. The maximum atomic E-state index is 12.4. The predicted octanol–water partition coefficient (Wildman–Crippen LogP) is 4.33. The van der Waals surface area contributed by atoms with Gasteiger partial charge in [0, 0.05) is 36.4 Å². The number of nitrogens with zero attached hydrogens (tertiary/aromatic N) is 1. The molecule has 0 atom stereocenters. The smallest absolute Gasteiger partial charge is 0.262 e. The Bertz CT molecular complexity index is 885. The molecule has 0 unspecified atom stereocenters. The Kier molecular flexibility index (Phi) is 4.92. The number of para-hydroxylation sites is 1. The molecule has 0 saturated carbocycles. The minimum atomic E-state index is -0.238. The molecule has 0 aromatic heterocycles. The molecule has 0 spiro atoms. The Morgan fingerprint density at radius 3 is 2.75 bits per heavy atom. The van der Waals surface area contributed by atoms with Crippen LogP contribution in [0.3, 0.4) is 0 Å². The number of rotatable bonds is 5. The van der Waals surface area contributed by atoms with Crippen molar-refractivity contribution in [1.82, 2.24) is 0 Å². The van der Waals surface area contributed by atoms with Gasteiger partial charge in [-0.1, -0.05) is 12.1 Å². The summed E-state index contributed by atoms with van der Waals surface area (Å²) in [6, 6.07) is 12.0. The fraction of sp³-hybridized carbons (Fsp3) is 0.435. The lowest BCUT2D eigenvalue weighted by Gasteiger charge is -2.19. The average molecular weight is 380 g/mol. The zero-order valence-corrected chi connectivity index (χ0v) is 16.9. The van der Waals surface area contributed by atoms with Crippen LogP contribution in [0.15, 0.2) is 36.4 Å². The van der Waals surface area contributed by atoms with Crippen LogP contribution in [0.5, 0.6) is 11.5 Å². The molecule has 1 amide bonds. The lowest BCUT2D eigenvalue weighted by atomic mass is 10.0. The van der Waals surface area contributed by atoms with Gasteiger partial charge in [0.05, 0.1) is 0 Å². The number of ether oxygens (including phenoxy) is 2. The van der Waals surface area contributed by atoms with Crippen LogP contribution in [-0.2, 0) is 11.2 Å². The van der Waals surface area contributed by atoms with Crippen molar-refractivity contribution in [1.29, 1.82) is 0 Å². The highest BCUT2D eigenvalue weighted by Gasteiger charge is 2.32. The van der Waals surface area contributed by atoms with E-state index in [1.165, 1.54) is 18.5 Å². The number of benzene rings is 2. The molecule has 1 fully saturated rings. The van der Waals surface area contributed by atoms with Crippen molar-refractivity contribution in [3.05, 3.63) is 47.5 Å². The van der Waals surface area contributed by atoms with E-state index < -0.39 is 0 Å². The Labute approximate surface area is 166 Å². The Morgan fingerprint density at radius 1 is 1.21 bits per heavy atom. The summed E-state index contributed by atoms with van der Waals surface area (Å²) in [4.78, 5) is 14.8. The summed E-state index contributed by atoms with van der Waals surface area (Å²) in [5, 5.41) is 2.96. The van der Waals surface area contributed by atoms with Gasteiger partial charge < -0.3 is 19.7 Å². The first-order valence-corrected chi connectivity index (χ1v) is 10.0. The van der Waals surface area contributed by atoms with Gasteiger partial charge in [-0.15, -0.1) is 0 Å². The number of amides is 1. The van der Waals surface area contributed by atoms with E-state index in [4.69, 9.17) is 9.47 Å². The normalized spacial score (nSPS) is 17.2. The van der Waals surface area contributed by atoms with Gasteiger partial charge in [-0.2, -0.15) is 0 Å². The zero-order chi connectivity index (χ0) is 19.7. The maximum Gasteiger partial charge on any atom is 0.262 e. The van der Waals surface area contributed by atoms with Crippen LogP contribution in [0.25, 0.3) is 0 Å². The lowest BCUT2D eigenvalue weighted by molar-refractivity contribution is -0.118. The van der Waals surface area contributed by atoms with E-state index in [-0.39, 0.29) is 18.1 Å². The first-order valence-electron chi connectivity index (χ1n) is 10.0. The molecular weight excluding hydrogens is 352 g/mol. The SMILES string of the molecule is Cc1cc(N2CCCC2)ccc1NC(=O)COc1cccc2c1OC(C)(C)C2. The van der Waals surface area contributed by atoms with Crippen molar-refractivity contribution in [2.75, 3.05) is 29.9 Å². The molecule has 2 heterocycles. The quantitative estimate of drug-likeness (QED) is 0.839. The summed E-state index contributed by atoms with van der Waals surface area (Å²) in [5.41, 5.74) is 3.99. The number of fused-ring (bicyclic) bond motifs is 1. The second-order valence-corrected chi connectivity index (χ2v) is 8.31. The third-order valence-electron chi connectivity index (χ3n) is 5.37. The maximum absolute atomic E-state index is 12.4. The first kappa shape index (κ1) is 18.7. The molecule has 148 valence electrons.